The molecule has 5 aromatic rings. The number of aromatic amines is 1. The minimum Gasteiger partial charge on any atom is -0.489 e. The van der Waals surface area contributed by atoms with Crippen molar-refractivity contribution < 1.29 is 9.26 Å². The van der Waals surface area contributed by atoms with Gasteiger partial charge in [0.1, 0.15) is 12.4 Å². The van der Waals surface area contributed by atoms with Crippen molar-refractivity contribution in [1.29, 1.82) is 0 Å². The molecule has 158 valence electrons. The van der Waals surface area contributed by atoms with Crippen molar-refractivity contribution in [2.24, 2.45) is 0 Å². The second-order valence-electron chi connectivity index (χ2n) is 7.22. The smallest absolute Gasteiger partial charge is 0.259 e. The highest BCUT2D eigenvalue weighted by Crippen LogP contribution is 2.22. The zero-order valence-electron chi connectivity index (χ0n) is 16.8. The van der Waals surface area contributed by atoms with Crippen LogP contribution in [0.3, 0.4) is 0 Å². The Morgan fingerprint density at radius 1 is 0.969 bits per heavy atom. The van der Waals surface area contributed by atoms with Crippen molar-refractivity contribution in [2.75, 3.05) is 0 Å². The van der Waals surface area contributed by atoms with Crippen LogP contribution in [0.1, 0.15) is 17.0 Å². The predicted octanol–water partition coefficient (Wildman–Crippen LogP) is 4.91. The average Bonchev–Trinajstić information content (AvgIpc) is 3.27. The van der Waals surface area contributed by atoms with E-state index in [4.69, 9.17) is 9.26 Å². The van der Waals surface area contributed by atoms with Gasteiger partial charge in [-0.1, -0.05) is 33.2 Å². The summed E-state index contributed by atoms with van der Waals surface area (Å²) in [6, 6.07) is 19.0. The lowest BCUT2D eigenvalue weighted by Gasteiger charge is -2.06. The van der Waals surface area contributed by atoms with E-state index in [0.29, 0.717) is 24.5 Å². The summed E-state index contributed by atoms with van der Waals surface area (Å²) in [4.78, 5) is 23.8. The van der Waals surface area contributed by atoms with E-state index < -0.39 is 0 Å². The maximum absolute atomic E-state index is 12.5. The van der Waals surface area contributed by atoms with Gasteiger partial charge < -0.3 is 14.2 Å². The minimum atomic E-state index is -0.261. The molecule has 0 saturated heterocycles. The first-order chi connectivity index (χ1) is 15.6. The van der Waals surface area contributed by atoms with E-state index in [0.717, 1.165) is 32.3 Å². The summed E-state index contributed by atoms with van der Waals surface area (Å²) in [7, 11) is 0. The van der Waals surface area contributed by atoms with Gasteiger partial charge in [0.15, 0.2) is 0 Å². The first-order valence-electron chi connectivity index (χ1n) is 9.90. The molecule has 0 amide bonds. The zero-order chi connectivity index (χ0) is 21.9. The topological polar surface area (TPSA) is 93.9 Å². The molecule has 32 heavy (non-hydrogen) atoms. The third-order valence-electron chi connectivity index (χ3n) is 4.95. The van der Waals surface area contributed by atoms with Gasteiger partial charge in [-0.25, -0.2) is 0 Å². The monoisotopic (exact) mass is 488 g/mol. The summed E-state index contributed by atoms with van der Waals surface area (Å²) >= 11 is 3.45. The second kappa shape index (κ2) is 8.76. The first-order valence-corrected chi connectivity index (χ1v) is 10.7. The Kier molecular flexibility index (Phi) is 5.51. The Bertz CT molecular complexity index is 1430. The summed E-state index contributed by atoms with van der Waals surface area (Å²) in [6.07, 6.45) is 3.94. The minimum absolute atomic E-state index is 0.261. The van der Waals surface area contributed by atoms with E-state index in [9.17, 15) is 4.79 Å². The Hall–Kier alpha value is -3.78. The van der Waals surface area contributed by atoms with Crippen LogP contribution in [0.15, 0.2) is 86.8 Å². The number of hydrogen-bond acceptors (Lipinski definition) is 6. The second-order valence-corrected chi connectivity index (χ2v) is 8.14. The fourth-order valence-corrected chi connectivity index (χ4v) is 3.68. The van der Waals surface area contributed by atoms with Gasteiger partial charge in [0.2, 0.25) is 11.7 Å². The fraction of sp³-hybridized carbons (Fsp3) is 0.0833. The number of halogens is 1. The summed E-state index contributed by atoms with van der Waals surface area (Å²) in [5, 5.41) is 4.88. The lowest BCUT2D eigenvalue weighted by Crippen LogP contribution is -2.09. The Morgan fingerprint density at radius 2 is 1.78 bits per heavy atom. The quantitative estimate of drug-likeness (QED) is 0.365. The van der Waals surface area contributed by atoms with E-state index in [1.165, 1.54) is 0 Å². The molecule has 0 aliphatic heterocycles. The van der Waals surface area contributed by atoms with Crippen LogP contribution in [0.2, 0.25) is 0 Å². The maximum atomic E-state index is 12.5. The molecule has 3 heterocycles. The van der Waals surface area contributed by atoms with E-state index in [1.807, 2.05) is 54.6 Å². The fourth-order valence-electron chi connectivity index (χ4n) is 3.30. The number of H-pyrrole nitrogens is 1. The molecule has 0 spiro atoms. The van der Waals surface area contributed by atoms with Gasteiger partial charge in [0, 0.05) is 27.8 Å². The molecule has 7 nitrogen and oxygen atoms in total. The van der Waals surface area contributed by atoms with E-state index in [1.54, 1.807) is 18.5 Å². The van der Waals surface area contributed by atoms with Gasteiger partial charge in [-0.15, -0.1) is 0 Å². The van der Waals surface area contributed by atoms with Gasteiger partial charge in [-0.05, 0) is 59.7 Å². The normalized spacial score (nSPS) is 11.0. The van der Waals surface area contributed by atoms with Crippen molar-refractivity contribution in [3.63, 3.8) is 0 Å². The van der Waals surface area contributed by atoms with Gasteiger partial charge in [-0.2, -0.15) is 4.98 Å². The highest BCUT2D eigenvalue weighted by atomic mass is 79.9. The SMILES string of the molecule is O=c1[nH]c2ccc(Br)cc2cc1-c1noc(Cc2ccc(OCc3ccncc3)cc2)n1. The third-order valence-corrected chi connectivity index (χ3v) is 5.44. The number of hydrogen-bond donors (Lipinski definition) is 1. The van der Waals surface area contributed by atoms with Crippen LogP contribution in [-0.4, -0.2) is 20.1 Å². The van der Waals surface area contributed by atoms with Crippen LogP contribution in [-0.2, 0) is 13.0 Å². The summed E-state index contributed by atoms with van der Waals surface area (Å²) in [5.74, 6) is 1.46. The molecule has 0 bridgehead atoms. The molecule has 5 rings (SSSR count). The largest absolute Gasteiger partial charge is 0.489 e. The molecule has 0 radical (unpaired) electrons. The number of nitrogens with one attached hydrogen (secondary N) is 1. The van der Waals surface area contributed by atoms with Crippen LogP contribution in [0.25, 0.3) is 22.3 Å². The van der Waals surface area contributed by atoms with E-state index >= 15 is 0 Å². The molecule has 0 fully saturated rings. The van der Waals surface area contributed by atoms with Crippen LogP contribution in [0.4, 0.5) is 0 Å². The van der Waals surface area contributed by atoms with Gasteiger partial charge in [0.05, 0.1) is 12.0 Å². The number of ether oxygens (including phenoxy) is 1. The summed E-state index contributed by atoms with van der Waals surface area (Å²) in [6.45, 7) is 0.478. The third kappa shape index (κ3) is 4.45. The Morgan fingerprint density at radius 3 is 2.59 bits per heavy atom. The van der Waals surface area contributed by atoms with Gasteiger partial charge in [0.25, 0.3) is 5.56 Å². The molecular formula is C24H17BrN4O3. The van der Waals surface area contributed by atoms with Gasteiger partial charge in [-0.3, -0.25) is 9.78 Å². The Balaban J connectivity index is 1.30. The molecule has 0 unspecified atom stereocenters. The van der Waals surface area contributed by atoms with Crippen molar-refractivity contribution in [3.8, 4) is 17.1 Å². The summed E-state index contributed by atoms with van der Waals surface area (Å²) in [5.41, 5.74) is 2.90. The highest BCUT2D eigenvalue weighted by molar-refractivity contribution is 9.10. The molecule has 0 aliphatic carbocycles. The van der Waals surface area contributed by atoms with Crippen molar-refractivity contribution in [3.05, 3.63) is 105 Å². The number of pyridine rings is 2. The standard InChI is InChI=1S/C24H17BrN4O3/c25-18-3-6-21-17(12-18)13-20(24(30)27-21)23-28-22(32-29-23)11-15-1-4-19(5-2-15)31-14-16-7-9-26-10-8-16/h1-10,12-13H,11,14H2,(H,27,30). The average molecular weight is 489 g/mol. The van der Waals surface area contributed by atoms with E-state index in [-0.39, 0.29) is 11.4 Å². The Labute approximate surface area is 191 Å². The summed E-state index contributed by atoms with van der Waals surface area (Å²) < 4.78 is 12.1. The molecular weight excluding hydrogens is 472 g/mol. The lowest BCUT2D eigenvalue weighted by molar-refractivity contribution is 0.306. The lowest BCUT2D eigenvalue weighted by atomic mass is 10.1. The molecule has 0 saturated carbocycles. The number of nitrogens with zero attached hydrogens (tertiary/aromatic N) is 3. The highest BCUT2D eigenvalue weighted by Gasteiger charge is 2.14. The van der Waals surface area contributed by atoms with Crippen LogP contribution < -0.4 is 10.3 Å². The number of rotatable bonds is 6. The predicted molar refractivity (Wildman–Crippen MR) is 123 cm³/mol. The van der Waals surface area contributed by atoms with Crippen molar-refractivity contribution in [2.45, 2.75) is 13.0 Å². The maximum Gasteiger partial charge on any atom is 0.259 e. The van der Waals surface area contributed by atoms with Crippen LogP contribution in [0.5, 0.6) is 5.75 Å². The van der Waals surface area contributed by atoms with Crippen LogP contribution in [0, 0.1) is 0 Å². The molecule has 3 aromatic heterocycles. The first kappa shape index (κ1) is 20.1. The zero-order valence-corrected chi connectivity index (χ0v) is 18.4. The molecule has 1 N–H and O–H groups in total. The van der Waals surface area contributed by atoms with Crippen molar-refractivity contribution in [1.82, 2.24) is 20.1 Å². The number of benzene rings is 2. The molecule has 0 aliphatic rings. The molecule has 8 heteroatoms. The van der Waals surface area contributed by atoms with Crippen LogP contribution >= 0.6 is 15.9 Å². The number of aromatic nitrogens is 4. The molecule has 2 aromatic carbocycles. The van der Waals surface area contributed by atoms with Gasteiger partial charge >= 0.3 is 0 Å². The number of fused-ring (bicyclic) bond motifs is 1. The van der Waals surface area contributed by atoms with E-state index in [2.05, 4.69) is 36.0 Å². The molecule has 0 atom stereocenters. The van der Waals surface area contributed by atoms with Crippen molar-refractivity contribution >= 4 is 26.8 Å².